The molecule has 0 atom stereocenters. The van der Waals surface area contributed by atoms with Crippen molar-refractivity contribution in [1.82, 2.24) is 14.5 Å². The Bertz CT molecular complexity index is 1090. The molecule has 0 aliphatic heterocycles. The maximum absolute atomic E-state index is 12.4. The summed E-state index contributed by atoms with van der Waals surface area (Å²) in [6.45, 7) is 4.01. The van der Waals surface area contributed by atoms with Crippen LogP contribution in [0.15, 0.2) is 48.9 Å². The number of nitrogens with one attached hydrogen (secondary N) is 1. The number of benzene rings is 1. The number of hydrogen-bond donors (Lipinski definition) is 2. The van der Waals surface area contributed by atoms with E-state index in [1.54, 1.807) is 24.7 Å². The molecule has 0 aliphatic rings. The number of carboxylic acid groups (broad SMARTS) is 1. The number of anilines is 2. The Hall–Kier alpha value is -3.89. The van der Waals surface area contributed by atoms with Crippen molar-refractivity contribution in [1.29, 1.82) is 0 Å². The molecule has 170 valence electrons. The molecule has 1 aromatic carbocycles. The van der Waals surface area contributed by atoms with Crippen LogP contribution in [0.5, 0.6) is 0 Å². The zero-order chi connectivity index (χ0) is 24.1. The highest BCUT2D eigenvalue weighted by molar-refractivity contribution is 6.04. The van der Waals surface area contributed by atoms with Gasteiger partial charge in [-0.15, -0.1) is 0 Å². The fraction of sp³-hybridized carbons (Fsp3) is 0.238. The summed E-state index contributed by atoms with van der Waals surface area (Å²) in [7, 11) is 3.78. The zero-order valence-corrected chi connectivity index (χ0v) is 17.8. The number of carbonyl (C=O) groups is 2. The second-order valence-corrected chi connectivity index (χ2v) is 6.89. The molecule has 2 N–H and O–H groups in total. The Morgan fingerprint density at radius 2 is 1.66 bits per heavy atom. The van der Waals surface area contributed by atoms with Gasteiger partial charge in [-0.2, -0.15) is 13.2 Å². The quantitative estimate of drug-likeness (QED) is 0.628. The van der Waals surface area contributed by atoms with E-state index < -0.39 is 12.1 Å². The number of nitrogens with zero attached hydrogens (tertiary/aromatic N) is 4. The number of carboxylic acids is 1. The highest BCUT2D eigenvalue weighted by Crippen LogP contribution is 2.18. The third-order valence-corrected chi connectivity index (χ3v) is 4.36. The van der Waals surface area contributed by atoms with Gasteiger partial charge >= 0.3 is 12.1 Å². The lowest BCUT2D eigenvalue weighted by molar-refractivity contribution is -0.192. The average Bonchev–Trinajstić information content (AvgIpc) is 3.07. The number of amides is 1. The maximum atomic E-state index is 12.4. The van der Waals surface area contributed by atoms with Crippen LogP contribution in [-0.4, -0.2) is 51.8 Å². The van der Waals surface area contributed by atoms with E-state index in [1.165, 1.54) is 0 Å². The van der Waals surface area contributed by atoms with Gasteiger partial charge in [0.1, 0.15) is 5.82 Å². The molecule has 8 nitrogen and oxygen atoms in total. The third-order valence-electron chi connectivity index (χ3n) is 4.36. The summed E-state index contributed by atoms with van der Waals surface area (Å²) in [6.07, 6.45) is -1.64. The SMILES string of the molecule is Cc1ncn(-c2ccc(NC(=O)c3ccnc(N(C)C)c3)cc2)c1C.O=C(O)C(F)(F)F. The number of aliphatic carboxylic acids is 1. The first kappa shape index (κ1) is 24.4. The van der Waals surface area contributed by atoms with Crippen molar-refractivity contribution < 1.29 is 27.9 Å². The van der Waals surface area contributed by atoms with E-state index in [0.29, 0.717) is 5.56 Å². The number of carbonyl (C=O) groups excluding carboxylic acids is 1. The number of imidazole rings is 1. The monoisotopic (exact) mass is 449 g/mol. The Labute approximate surface area is 182 Å². The highest BCUT2D eigenvalue weighted by atomic mass is 19.4. The van der Waals surface area contributed by atoms with Gasteiger partial charge < -0.3 is 19.9 Å². The molecule has 32 heavy (non-hydrogen) atoms. The Kier molecular flexibility index (Phi) is 7.58. The number of aromatic nitrogens is 3. The van der Waals surface area contributed by atoms with Gasteiger partial charge in [0, 0.05) is 42.9 Å². The largest absolute Gasteiger partial charge is 0.490 e. The minimum atomic E-state index is -5.08. The van der Waals surface area contributed by atoms with Crippen molar-refractivity contribution in [3.8, 4) is 5.69 Å². The minimum Gasteiger partial charge on any atom is -0.475 e. The Balaban J connectivity index is 0.000000451. The molecular formula is C21H22F3N5O3. The van der Waals surface area contributed by atoms with Gasteiger partial charge in [-0.3, -0.25) is 4.79 Å². The predicted octanol–water partition coefficient (Wildman–Crippen LogP) is 3.84. The van der Waals surface area contributed by atoms with E-state index in [1.807, 2.05) is 61.7 Å². The summed E-state index contributed by atoms with van der Waals surface area (Å²) in [4.78, 5) is 31.7. The van der Waals surface area contributed by atoms with Crippen LogP contribution in [0.1, 0.15) is 21.7 Å². The molecule has 11 heteroatoms. The van der Waals surface area contributed by atoms with E-state index in [9.17, 15) is 18.0 Å². The van der Waals surface area contributed by atoms with Crippen LogP contribution in [0, 0.1) is 13.8 Å². The fourth-order valence-electron chi connectivity index (χ4n) is 2.47. The molecule has 1 amide bonds. The molecule has 0 fully saturated rings. The fourth-order valence-corrected chi connectivity index (χ4v) is 2.47. The number of rotatable bonds is 4. The predicted molar refractivity (Wildman–Crippen MR) is 113 cm³/mol. The standard InChI is InChI=1S/C19H21N5O.C2HF3O2/c1-13-14(2)24(12-21-13)17-7-5-16(6-8-17)22-19(25)15-9-10-20-18(11-15)23(3)4;3-2(4,5)1(6)7/h5-12H,1-4H3,(H,22,25);(H,6,7). The van der Waals surface area contributed by atoms with Crippen molar-refractivity contribution in [2.75, 3.05) is 24.3 Å². The van der Waals surface area contributed by atoms with E-state index in [0.717, 1.165) is 28.6 Å². The van der Waals surface area contributed by atoms with Crippen molar-refractivity contribution in [3.63, 3.8) is 0 Å². The Morgan fingerprint density at radius 1 is 1.06 bits per heavy atom. The Morgan fingerprint density at radius 3 is 2.12 bits per heavy atom. The lowest BCUT2D eigenvalue weighted by Crippen LogP contribution is -2.21. The number of pyridine rings is 1. The first-order valence-corrected chi connectivity index (χ1v) is 9.26. The molecule has 3 rings (SSSR count). The topological polar surface area (TPSA) is 100 Å². The van der Waals surface area contributed by atoms with Crippen molar-refractivity contribution in [2.24, 2.45) is 0 Å². The van der Waals surface area contributed by atoms with Crippen LogP contribution in [-0.2, 0) is 4.79 Å². The van der Waals surface area contributed by atoms with Crippen LogP contribution >= 0.6 is 0 Å². The first-order valence-electron chi connectivity index (χ1n) is 9.26. The summed E-state index contributed by atoms with van der Waals surface area (Å²) >= 11 is 0. The van der Waals surface area contributed by atoms with E-state index in [-0.39, 0.29) is 5.91 Å². The van der Waals surface area contributed by atoms with Crippen LogP contribution in [0.25, 0.3) is 5.69 Å². The molecule has 0 saturated heterocycles. The van der Waals surface area contributed by atoms with Gasteiger partial charge in [0.2, 0.25) is 0 Å². The second-order valence-electron chi connectivity index (χ2n) is 6.89. The molecule has 0 unspecified atom stereocenters. The molecule has 2 aromatic heterocycles. The first-order chi connectivity index (χ1) is 14.9. The number of hydrogen-bond acceptors (Lipinski definition) is 5. The number of aryl methyl sites for hydroxylation is 1. The smallest absolute Gasteiger partial charge is 0.475 e. The van der Waals surface area contributed by atoms with Gasteiger partial charge in [0.25, 0.3) is 5.91 Å². The van der Waals surface area contributed by atoms with Crippen LogP contribution in [0.3, 0.4) is 0 Å². The number of halogens is 3. The molecule has 2 heterocycles. The molecular weight excluding hydrogens is 427 g/mol. The van der Waals surface area contributed by atoms with Crippen molar-refractivity contribution in [2.45, 2.75) is 20.0 Å². The average molecular weight is 449 g/mol. The molecule has 0 spiro atoms. The third kappa shape index (κ3) is 6.30. The summed E-state index contributed by atoms with van der Waals surface area (Å²) < 4.78 is 33.8. The van der Waals surface area contributed by atoms with E-state index >= 15 is 0 Å². The highest BCUT2D eigenvalue weighted by Gasteiger charge is 2.38. The second kappa shape index (κ2) is 9.94. The summed E-state index contributed by atoms with van der Waals surface area (Å²) in [5.41, 5.74) is 4.43. The van der Waals surface area contributed by atoms with Gasteiger partial charge in [-0.1, -0.05) is 0 Å². The van der Waals surface area contributed by atoms with E-state index in [4.69, 9.17) is 9.90 Å². The molecule has 0 saturated carbocycles. The summed E-state index contributed by atoms with van der Waals surface area (Å²) in [5.74, 6) is -2.17. The normalized spacial score (nSPS) is 10.7. The molecule has 0 radical (unpaired) electrons. The van der Waals surface area contributed by atoms with E-state index in [2.05, 4.69) is 15.3 Å². The maximum Gasteiger partial charge on any atom is 0.490 e. The molecule has 0 bridgehead atoms. The number of alkyl halides is 3. The van der Waals surface area contributed by atoms with Crippen LogP contribution < -0.4 is 10.2 Å². The van der Waals surface area contributed by atoms with Gasteiger partial charge in [-0.25, -0.2) is 14.8 Å². The zero-order valence-electron chi connectivity index (χ0n) is 17.8. The minimum absolute atomic E-state index is 0.159. The lowest BCUT2D eigenvalue weighted by atomic mass is 10.2. The van der Waals surface area contributed by atoms with Gasteiger partial charge in [0.05, 0.1) is 12.0 Å². The van der Waals surface area contributed by atoms with Crippen LogP contribution in [0.4, 0.5) is 24.7 Å². The summed E-state index contributed by atoms with van der Waals surface area (Å²) in [6, 6.07) is 11.2. The summed E-state index contributed by atoms with van der Waals surface area (Å²) in [5, 5.41) is 10.0. The van der Waals surface area contributed by atoms with Gasteiger partial charge in [-0.05, 0) is 50.2 Å². The van der Waals surface area contributed by atoms with Crippen molar-refractivity contribution in [3.05, 3.63) is 65.9 Å². The van der Waals surface area contributed by atoms with Crippen LogP contribution in [0.2, 0.25) is 0 Å². The molecule has 0 aliphatic carbocycles. The molecule has 3 aromatic rings. The van der Waals surface area contributed by atoms with Crippen molar-refractivity contribution >= 4 is 23.4 Å². The van der Waals surface area contributed by atoms with Gasteiger partial charge in [0.15, 0.2) is 0 Å². The lowest BCUT2D eigenvalue weighted by Gasteiger charge is -2.12.